The van der Waals surface area contributed by atoms with Crippen molar-refractivity contribution in [1.82, 2.24) is 5.32 Å². The van der Waals surface area contributed by atoms with E-state index in [9.17, 15) is 26.7 Å². The first kappa shape index (κ1) is 19.9. The van der Waals surface area contributed by atoms with Crippen molar-refractivity contribution in [1.29, 1.82) is 0 Å². The van der Waals surface area contributed by atoms with Crippen LogP contribution in [-0.2, 0) is 4.79 Å². The van der Waals surface area contributed by atoms with Crippen molar-refractivity contribution < 1.29 is 26.7 Å². The van der Waals surface area contributed by atoms with E-state index in [4.69, 9.17) is 11.6 Å². The molecule has 1 aromatic carbocycles. The number of amides is 1. The summed E-state index contributed by atoms with van der Waals surface area (Å²) in [7, 11) is 0. The van der Waals surface area contributed by atoms with Crippen LogP contribution in [0.1, 0.15) is 63.0 Å². The van der Waals surface area contributed by atoms with Gasteiger partial charge in [0.25, 0.3) is 0 Å². The van der Waals surface area contributed by atoms with Crippen LogP contribution < -0.4 is 5.32 Å². The van der Waals surface area contributed by atoms with E-state index < -0.39 is 64.9 Å². The number of hydrogen-bond donors (Lipinski definition) is 1. The second kappa shape index (κ2) is 6.57. The highest BCUT2D eigenvalue weighted by Crippen LogP contribution is 2.63. The topological polar surface area (TPSA) is 29.1 Å². The van der Waals surface area contributed by atoms with Crippen LogP contribution in [0.25, 0.3) is 0 Å². The SMILES string of the molecule is O=C(N[C@H](c1c(F)ccc(Cl)c1F)C12CCC(F)(CC1)C2)[C@@H]1CCC(F)(F)C1. The summed E-state index contributed by atoms with van der Waals surface area (Å²) in [5, 5.41) is 2.32. The number of rotatable bonds is 4. The molecule has 3 fully saturated rings. The smallest absolute Gasteiger partial charge is 0.248 e. The fourth-order valence-electron chi connectivity index (χ4n) is 5.34. The van der Waals surface area contributed by atoms with Crippen molar-refractivity contribution in [2.24, 2.45) is 11.3 Å². The standard InChI is InChI=1S/C20H21ClF5NO/c21-12-1-2-13(22)14(15(12)23)16(18-5-7-19(24,10-18)8-6-18)27-17(28)11-3-4-20(25,26)9-11/h1-2,11,16H,3-10H2,(H,27,28)/t11-,16-,18?,19?/m1/s1. The van der Waals surface area contributed by atoms with Gasteiger partial charge in [0.15, 0.2) is 0 Å². The van der Waals surface area contributed by atoms with Gasteiger partial charge in [-0.25, -0.2) is 22.0 Å². The number of hydrogen-bond acceptors (Lipinski definition) is 1. The Morgan fingerprint density at radius 2 is 1.79 bits per heavy atom. The largest absolute Gasteiger partial charge is 0.348 e. The molecule has 2 atom stereocenters. The zero-order valence-electron chi connectivity index (χ0n) is 15.1. The second-order valence-electron chi connectivity index (χ2n) is 8.68. The zero-order valence-corrected chi connectivity index (χ0v) is 15.9. The summed E-state index contributed by atoms with van der Waals surface area (Å²) in [6.45, 7) is 0. The van der Waals surface area contributed by atoms with E-state index >= 15 is 0 Å². The van der Waals surface area contributed by atoms with Gasteiger partial charge in [-0.3, -0.25) is 4.79 Å². The Hall–Kier alpha value is -1.37. The van der Waals surface area contributed by atoms with Crippen molar-refractivity contribution in [2.75, 3.05) is 0 Å². The lowest BCUT2D eigenvalue weighted by Crippen LogP contribution is -2.42. The lowest BCUT2D eigenvalue weighted by molar-refractivity contribution is -0.127. The summed E-state index contributed by atoms with van der Waals surface area (Å²) in [6, 6.07) is 0.937. The van der Waals surface area contributed by atoms with Crippen LogP contribution in [0.5, 0.6) is 0 Å². The van der Waals surface area contributed by atoms with E-state index in [0.717, 1.165) is 12.1 Å². The van der Waals surface area contributed by atoms with Gasteiger partial charge >= 0.3 is 0 Å². The molecule has 1 amide bonds. The molecule has 28 heavy (non-hydrogen) atoms. The molecule has 2 nitrogen and oxygen atoms in total. The Morgan fingerprint density at radius 1 is 1.11 bits per heavy atom. The number of alkyl halides is 3. The van der Waals surface area contributed by atoms with E-state index in [1.165, 1.54) is 0 Å². The van der Waals surface area contributed by atoms with Crippen molar-refractivity contribution >= 4 is 17.5 Å². The van der Waals surface area contributed by atoms with Crippen LogP contribution >= 0.6 is 11.6 Å². The molecule has 1 aromatic rings. The second-order valence-corrected chi connectivity index (χ2v) is 9.09. The van der Waals surface area contributed by atoms with E-state index in [0.29, 0.717) is 12.8 Å². The average molecular weight is 422 g/mol. The van der Waals surface area contributed by atoms with Crippen LogP contribution in [0.4, 0.5) is 22.0 Å². The van der Waals surface area contributed by atoms with Gasteiger partial charge in [-0.05, 0) is 56.1 Å². The van der Waals surface area contributed by atoms with Gasteiger partial charge < -0.3 is 5.32 Å². The molecule has 3 aliphatic carbocycles. The Labute approximate surface area is 164 Å². The summed E-state index contributed by atoms with van der Waals surface area (Å²) in [5.41, 5.74) is -2.66. The van der Waals surface area contributed by atoms with E-state index in [-0.39, 0.29) is 30.7 Å². The predicted octanol–water partition coefficient (Wildman–Crippen LogP) is 5.88. The molecule has 2 bridgehead atoms. The Bertz CT molecular complexity index is 806. The quantitative estimate of drug-likeness (QED) is 0.477. The first-order chi connectivity index (χ1) is 13.0. The maximum Gasteiger partial charge on any atom is 0.248 e. The summed E-state index contributed by atoms with van der Waals surface area (Å²) in [6.07, 6.45) is 0.334. The molecule has 1 N–H and O–H groups in total. The van der Waals surface area contributed by atoms with Gasteiger partial charge in [-0.2, -0.15) is 0 Å². The molecule has 0 unspecified atom stereocenters. The van der Waals surface area contributed by atoms with Crippen molar-refractivity contribution in [3.63, 3.8) is 0 Å². The van der Waals surface area contributed by atoms with E-state index in [2.05, 4.69) is 5.32 Å². The highest BCUT2D eigenvalue weighted by molar-refractivity contribution is 6.30. The molecule has 3 saturated carbocycles. The first-order valence-corrected chi connectivity index (χ1v) is 9.93. The Kier molecular flexibility index (Phi) is 4.68. The van der Waals surface area contributed by atoms with Gasteiger partial charge in [0.1, 0.15) is 17.3 Å². The van der Waals surface area contributed by atoms with Crippen LogP contribution in [0.3, 0.4) is 0 Å². The van der Waals surface area contributed by atoms with Crippen molar-refractivity contribution in [2.45, 2.75) is 69.0 Å². The number of carbonyl (C=O) groups is 1. The van der Waals surface area contributed by atoms with Crippen LogP contribution in [0.15, 0.2) is 12.1 Å². The Morgan fingerprint density at radius 3 is 2.32 bits per heavy atom. The van der Waals surface area contributed by atoms with E-state index in [1.807, 2.05) is 0 Å². The number of halogens is 6. The fourth-order valence-corrected chi connectivity index (χ4v) is 5.51. The van der Waals surface area contributed by atoms with Crippen LogP contribution in [0.2, 0.25) is 5.02 Å². The first-order valence-electron chi connectivity index (χ1n) is 9.55. The highest BCUT2D eigenvalue weighted by atomic mass is 35.5. The molecule has 0 spiro atoms. The summed E-state index contributed by atoms with van der Waals surface area (Å²) >= 11 is 5.84. The molecule has 154 valence electrons. The molecule has 0 radical (unpaired) electrons. The number of fused-ring (bicyclic) bond motifs is 2. The third kappa shape index (κ3) is 3.29. The average Bonchev–Trinajstić information content (AvgIpc) is 3.28. The minimum atomic E-state index is -2.92. The molecule has 0 aromatic heterocycles. The molecule has 3 aliphatic rings. The van der Waals surface area contributed by atoms with Crippen molar-refractivity contribution in [3.05, 3.63) is 34.4 Å². The van der Waals surface area contributed by atoms with Gasteiger partial charge in [0.05, 0.1) is 11.1 Å². The number of nitrogens with one attached hydrogen (secondary N) is 1. The molecule has 0 aliphatic heterocycles. The lowest BCUT2D eigenvalue weighted by atomic mass is 9.74. The molecular weight excluding hydrogens is 401 g/mol. The fraction of sp³-hybridized carbons (Fsp3) is 0.650. The third-order valence-electron chi connectivity index (χ3n) is 6.85. The van der Waals surface area contributed by atoms with Gasteiger partial charge in [0, 0.05) is 24.3 Å². The maximum absolute atomic E-state index is 14.8. The minimum absolute atomic E-state index is 0.00606. The molecular formula is C20H21ClF5NO. The molecule has 0 saturated heterocycles. The molecule has 0 heterocycles. The minimum Gasteiger partial charge on any atom is -0.348 e. The molecule has 4 rings (SSSR count). The summed E-state index contributed by atoms with van der Waals surface area (Å²) in [4.78, 5) is 12.7. The van der Waals surface area contributed by atoms with Gasteiger partial charge in [-0.1, -0.05) is 11.6 Å². The maximum atomic E-state index is 14.8. The van der Waals surface area contributed by atoms with E-state index in [1.54, 1.807) is 0 Å². The normalized spacial score (nSPS) is 34.6. The zero-order chi connectivity index (χ0) is 20.3. The van der Waals surface area contributed by atoms with Gasteiger partial charge in [-0.15, -0.1) is 0 Å². The molecule has 8 heteroatoms. The van der Waals surface area contributed by atoms with Crippen LogP contribution in [0, 0.1) is 23.0 Å². The number of benzene rings is 1. The monoisotopic (exact) mass is 421 g/mol. The third-order valence-corrected chi connectivity index (χ3v) is 7.14. The van der Waals surface area contributed by atoms with Crippen molar-refractivity contribution in [3.8, 4) is 0 Å². The summed E-state index contributed by atoms with van der Waals surface area (Å²) < 4.78 is 71.3. The highest BCUT2D eigenvalue weighted by Gasteiger charge is 2.59. The van der Waals surface area contributed by atoms with Crippen LogP contribution in [-0.4, -0.2) is 17.5 Å². The Balaban J connectivity index is 1.70. The van der Waals surface area contributed by atoms with Gasteiger partial charge in [0.2, 0.25) is 11.8 Å². The lowest BCUT2D eigenvalue weighted by Gasteiger charge is -2.37. The summed E-state index contributed by atoms with van der Waals surface area (Å²) in [5.74, 6) is -6.41. The number of carbonyl (C=O) groups excluding carboxylic acids is 1. The predicted molar refractivity (Wildman–Crippen MR) is 93.9 cm³/mol.